The number of benzene rings is 2. The fourth-order valence-corrected chi connectivity index (χ4v) is 6.95. The van der Waals surface area contributed by atoms with Gasteiger partial charge in [0.15, 0.2) is 0 Å². The van der Waals surface area contributed by atoms with E-state index in [-0.39, 0.29) is 35.1 Å². The molecule has 3 N–H and O–H groups in total. The second-order valence-electron chi connectivity index (χ2n) is 11.8. The summed E-state index contributed by atoms with van der Waals surface area (Å²) in [4.78, 5) is 32.9. The molecule has 1 atom stereocenters. The van der Waals surface area contributed by atoms with Crippen molar-refractivity contribution in [3.05, 3.63) is 111 Å². The van der Waals surface area contributed by atoms with Crippen LogP contribution in [-0.4, -0.2) is 27.0 Å². The first-order valence-electron chi connectivity index (χ1n) is 15.1. The second kappa shape index (κ2) is 12.7. The molecule has 6 rings (SSSR count). The van der Waals surface area contributed by atoms with E-state index in [1.165, 1.54) is 29.0 Å². The molecule has 2 aromatic carbocycles. The molecule has 0 fully saturated rings. The number of hydrogen-bond donors (Lipinski definition) is 2. The Labute approximate surface area is 264 Å². The summed E-state index contributed by atoms with van der Waals surface area (Å²) in [5.41, 5.74) is 11.9. The average molecular weight is 624 g/mol. The zero-order valence-corrected chi connectivity index (χ0v) is 26.2. The average Bonchev–Trinajstić information content (AvgIpc) is 3.76. The van der Waals surface area contributed by atoms with Crippen LogP contribution in [0.5, 0.6) is 0 Å². The van der Waals surface area contributed by atoms with E-state index in [4.69, 9.17) is 15.1 Å². The maximum atomic E-state index is 13.6. The van der Waals surface area contributed by atoms with Gasteiger partial charge in [0.25, 0.3) is 11.8 Å². The van der Waals surface area contributed by atoms with E-state index in [1.807, 2.05) is 32.0 Å². The monoisotopic (exact) mass is 623 g/mol. The van der Waals surface area contributed by atoms with E-state index in [1.54, 1.807) is 25.1 Å². The lowest BCUT2D eigenvalue weighted by molar-refractivity contribution is 0.0939. The zero-order chi connectivity index (χ0) is 31.7. The Hall–Kier alpha value is -4.70. The van der Waals surface area contributed by atoms with Crippen molar-refractivity contribution in [3.63, 3.8) is 0 Å². The Morgan fingerprint density at radius 3 is 2.51 bits per heavy atom. The summed E-state index contributed by atoms with van der Waals surface area (Å²) in [5.74, 6) is -0.362. The third-order valence-corrected chi connectivity index (χ3v) is 9.11. The number of nitrogens with one attached hydrogen (secondary N) is 1. The summed E-state index contributed by atoms with van der Waals surface area (Å²) < 4.78 is 19.5. The molecule has 8 nitrogen and oxygen atoms in total. The molecule has 3 heterocycles. The number of aromatic nitrogens is 3. The molecule has 0 saturated carbocycles. The number of fused-ring (bicyclic) bond motifs is 1. The Bertz CT molecular complexity index is 1880. The summed E-state index contributed by atoms with van der Waals surface area (Å²) in [6.07, 6.45) is 3.29. The number of aryl methyl sites for hydroxylation is 4. The predicted molar refractivity (Wildman–Crippen MR) is 171 cm³/mol. The van der Waals surface area contributed by atoms with Gasteiger partial charge in [-0.1, -0.05) is 50.2 Å². The van der Waals surface area contributed by atoms with Gasteiger partial charge in [-0.25, -0.2) is 4.39 Å². The number of amides is 2. The minimum absolute atomic E-state index is 0.0611. The van der Waals surface area contributed by atoms with Crippen LogP contribution in [0.25, 0.3) is 21.9 Å². The summed E-state index contributed by atoms with van der Waals surface area (Å²) in [6.45, 7) is 5.79. The highest BCUT2D eigenvalue weighted by Crippen LogP contribution is 2.42. The Kier molecular flexibility index (Phi) is 8.58. The maximum absolute atomic E-state index is 13.6. The van der Waals surface area contributed by atoms with Crippen LogP contribution in [0.2, 0.25) is 0 Å². The summed E-state index contributed by atoms with van der Waals surface area (Å²) in [5, 5.41) is 11.6. The van der Waals surface area contributed by atoms with Crippen LogP contribution in [0.1, 0.15) is 80.3 Å². The summed E-state index contributed by atoms with van der Waals surface area (Å²) >= 11 is 1.28. The first kappa shape index (κ1) is 30.3. The summed E-state index contributed by atoms with van der Waals surface area (Å²) in [7, 11) is 0. The lowest BCUT2D eigenvalue weighted by Gasteiger charge is -2.19. The van der Waals surface area contributed by atoms with Gasteiger partial charge in [0, 0.05) is 17.4 Å². The van der Waals surface area contributed by atoms with Crippen molar-refractivity contribution in [1.29, 1.82) is 0 Å². The van der Waals surface area contributed by atoms with Crippen LogP contribution >= 0.6 is 11.3 Å². The fourth-order valence-electron chi connectivity index (χ4n) is 5.99. The molecule has 0 bridgehead atoms. The second-order valence-corrected chi connectivity index (χ2v) is 12.9. The van der Waals surface area contributed by atoms with E-state index < -0.39 is 5.91 Å². The van der Waals surface area contributed by atoms with E-state index in [2.05, 4.69) is 27.6 Å². The number of rotatable bonds is 10. The minimum Gasteiger partial charge on any atom is -0.421 e. The first-order valence-corrected chi connectivity index (χ1v) is 15.9. The molecule has 45 heavy (non-hydrogen) atoms. The quantitative estimate of drug-likeness (QED) is 0.176. The Morgan fingerprint density at radius 1 is 1.02 bits per heavy atom. The van der Waals surface area contributed by atoms with Gasteiger partial charge in [-0.15, -0.1) is 21.5 Å². The van der Waals surface area contributed by atoms with Crippen molar-refractivity contribution in [2.45, 2.75) is 58.9 Å². The number of pyridine rings is 1. The first-order chi connectivity index (χ1) is 21.7. The van der Waals surface area contributed by atoms with Gasteiger partial charge < -0.3 is 15.5 Å². The standard InChI is InChI=1S/C35H34FN5O3S/c1-19(2)18-27-30(33(37)42)32(28-16-17-29(45-28)34(43)39-25-15-11-22-6-4-5-7-24(22)25)31(35-41-40-20(3)44-35)26(38-27)14-10-21-8-12-23(36)13-9-21/h4-9,12-13,16-17,19,25H,10-11,14-15,18H2,1-3H3,(H2,37,42)(H,39,43)/t25-/m1/s1. The highest BCUT2D eigenvalue weighted by atomic mass is 32.1. The molecule has 230 valence electrons. The molecule has 1 aliphatic rings. The van der Waals surface area contributed by atoms with E-state index in [9.17, 15) is 14.0 Å². The van der Waals surface area contributed by atoms with Gasteiger partial charge in [-0.2, -0.15) is 0 Å². The highest BCUT2D eigenvalue weighted by Gasteiger charge is 2.30. The van der Waals surface area contributed by atoms with E-state index in [0.717, 1.165) is 24.0 Å². The van der Waals surface area contributed by atoms with Crippen LogP contribution in [0.15, 0.2) is 65.1 Å². The van der Waals surface area contributed by atoms with Gasteiger partial charge in [0.1, 0.15) is 5.82 Å². The van der Waals surface area contributed by atoms with Gasteiger partial charge in [-0.3, -0.25) is 14.6 Å². The van der Waals surface area contributed by atoms with Crippen molar-refractivity contribution in [3.8, 4) is 21.9 Å². The zero-order valence-electron chi connectivity index (χ0n) is 25.4. The largest absolute Gasteiger partial charge is 0.421 e. The van der Waals surface area contributed by atoms with Crippen molar-refractivity contribution >= 4 is 23.2 Å². The molecule has 0 unspecified atom stereocenters. The molecule has 2 amide bonds. The molecule has 5 aromatic rings. The van der Waals surface area contributed by atoms with Crippen LogP contribution in [-0.2, 0) is 25.7 Å². The molecule has 0 spiro atoms. The summed E-state index contributed by atoms with van der Waals surface area (Å²) in [6, 6.07) is 18.1. The molecular weight excluding hydrogens is 589 g/mol. The van der Waals surface area contributed by atoms with E-state index in [0.29, 0.717) is 57.4 Å². The molecule has 3 aromatic heterocycles. The maximum Gasteiger partial charge on any atom is 0.261 e. The van der Waals surface area contributed by atoms with Gasteiger partial charge in [0.2, 0.25) is 11.8 Å². The number of halogens is 1. The van der Waals surface area contributed by atoms with Gasteiger partial charge >= 0.3 is 0 Å². The normalized spacial score (nSPS) is 14.1. The molecule has 0 aliphatic heterocycles. The van der Waals surface area contributed by atoms with Crippen LogP contribution in [0, 0.1) is 18.7 Å². The number of thiophene rings is 1. The van der Waals surface area contributed by atoms with Crippen molar-refractivity contribution < 1.29 is 18.4 Å². The molecule has 1 aliphatic carbocycles. The van der Waals surface area contributed by atoms with Crippen molar-refractivity contribution in [2.24, 2.45) is 11.7 Å². The number of nitrogens with zero attached hydrogens (tertiary/aromatic N) is 3. The number of primary amides is 1. The van der Waals surface area contributed by atoms with Gasteiger partial charge in [0.05, 0.1) is 33.4 Å². The predicted octanol–water partition coefficient (Wildman–Crippen LogP) is 6.81. The highest BCUT2D eigenvalue weighted by molar-refractivity contribution is 7.17. The number of carbonyl (C=O) groups is 2. The molecule has 0 radical (unpaired) electrons. The van der Waals surface area contributed by atoms with Crippen LogP contribution in [0.4, 0.5) is 4.39 Å². The lowest BCUT2D eigenvalue weighted by atomic mass is 9.91. The van der Waals surface area contributed by atoms with Crippen LogP contribution in [0.3, 0.4) is 0 Å². The van der Waals surface area contributed by atoms with Gasteiger partial charge in [-0.05, 0) is 79.0 Å². The number of hydrogen-bond acceptors (Lipinski definition) is 7. The Morgan fingerprint density at radius 2 is 1.80 bits per heavy atom. The lowest BCUT2D eigenvalue weighted by Crippen LogP contribution is -2.26. The van der Waals surface area contributed by atoms with E-state index >= 15 is 0 Å². The smallest absolute Gasteiger partial charge is 0.261 e. The third kappa shape index (κ3) is 6.42. The molecule has 10 heteroatoms. The minimum atomic E-state index is -0.627. The fraction of sp³-hybridized carbons (Fsp3) is 0.286. The molecular formula is C35H34FN5O3S. The number of carbonyl (C=O) groups excluding carboxylic acids is 2. The topological polar surface area (TPSA) is 124 Å². The van der Waals surface area contributed by atoms with Crippen LogP contribution < -0.4 is 11.1 Å². The van der Waals surface area contributed by atoms with Crippen molar-refractivity contribution in [1.82, 2.24) is 20.5 Å². The third-order valence-electron chi connectivity index (χ3n) is 8.01. The molecule has 0 saturated heterocycles. The SMILES string of the molecule is Cc1nnc(-c2c(CCc3ccc(F)cc3)nc(CC(C)C)c(C(N)=O)c2-c2ccc(C(=O)N[C@@H]3CCc4ccccc43)s2)o1. The van der Waals surface area contributed by atoms with Crippen molar-refractivity contribution in [2.75, 3.05) is 0 Å². The number of nitrogens with two attached hydrogens (primary N) is 1. The Balaban J connectivity index is 1.45.